The first-order chi connectivity index (χ1) is 9.61. The van der Waals surface area contributed by atoms with Gasteiger partial charge in [-0.1, -0.05) is 0 Å². The van der Waals surface area contributed by atoms with E-state index in [0.717, 1.165) is 44.7 Å². The molecule has 6 heteroatoms. The standard InChI is InChI=1S/C15H24N2O3.ClH/c1-11-10-14(12(2)20-11)15(18)17-7-4-13(5-8-17)19-9-3-6-16;/h10,13H,3-9,16H2,1-2H3;1H. The highest BCUT2D eigenvalue weighted by Crippen LogP contribution is 2.20. The molecule has 0 aliphatic carbocycles. The Hall–Kier alpha value is -1.04. The fourth-order valence-corrected chi connectivity index (χ4v) is 2.57. The van der Waals surface area contributed by atoms with Gasteiger partial charge in [-0.25, -0.2) is 0 Å². The lowest BCUT2D eigenvalue weighted by Crippen LogP contribution is -2.41. The van der Waals surface area contributed by atoms with Gasteiger partial charge in [0.15, 0.2) is 0 Å². The SMILES string of the molecule is Cc1cc(C(=O)N2CCC(OCCCN)CC2)c(C)o1.Cl. The van der Waals surface area contributed by atoms with E-state index < -0.39 is 0 Å². The van der Waals surface area contributed by atoms with Crippen LogP contribution in [0.3, 0.4) is 0 Å². The third-order valence-electron chi connectivity index (χ3n) is 3.70. The first-order valence-electron chi connectivity index (χ1n) is 7.29. The molecule has 120 valence electrons. The number of rotatable bonds is 5. The van der Waals surface area contributed by atoms with E-state index >= 15 is 0 Å². The minimum absolute atomic E-state index is 0. The summed E-state index contributed by atoms with van der Waals surface area (Å²) in [5, 5.41) is 0. The van der Waals surface area contributed by atoms with Crippen molar-refractivity contribution in [3.8, 4) is 0 Å². The normalized spacial score (nSPS) is 15.9. The number of furan rings is 1. The maximum Gasteiger partial charge on any atom is 0.257 e. The van der Waals surface area contributed by atoms with E-state index in [2.05, 4.69) is 0 Å². The van der Waals surface area contributed by atoms with Crippen LogP contribution < -0.4 is 5.73 Å². The first-order valence-corrected chi connectivity index (χ1v) is 7.29. The lowest BCUT2D eigenvalue weighted by Gasteiger charge is -2.31. The zero-order valence-corrected chi connectivity index (χ0v) is 13.6. The van der Waals surface area contributed by atoms with Crippen LogP contribution in [-0.4, -0.2) is 43.2 Å². The molecule has 2 heterocycles. The summed E-state index contributed by atoms with van der Waals surface area (Å²) < 4.78 is 11.2. The second-order valence-electron chi connectivity index (χ2n) is 5.33. The van der Waals surface area contributed by atoms with Gasteiger partial charge < -0.3 is 19.8 Å². The molecule has 1 aliphatic rings. The van der Waals surface area contributed by atoms with E-state index in [1.807, 2.05) is 24.8 Å². The molecule has 1 fully saturated rings. The highest BCUT2D eigenvalue weighted by molar-refractivity contribution is 5.95. The number of hydrogen-bond acceptors (Lipinski definition) is 4. The summed E-state index contributed by atoms with van der Waals surface area (Å²) >= 11 is 0. The van der Waals surface area contributed by atoms with Gasteiger partial charge in [0.05, 0.1) is 11.7 Å². The lowest BCUT2D eigenvalue weighted by atomic mass is 10.1. The van der Waals surface area contributed by atoms with Gasteiger partial charge in [-0.05, 0) is 45.7 Å². The van der Waals surface area contributed by atoms with Gasteiger partial charge in [-0.2, -0.15) is 0 Å². The first kappa shape index (κ1) is 18.0. The van der Waals surface area contributed by atoms with Gasteiger partial charge in [-0.3, -0.25) is 4.79 Å². The predicted octanol–water partition coefficient (Wildman–Crippen LogP) is 2.29. The van der Waals surface area contributed by atoms with Crippen molar-refractivity contribution in [1.82, 2.24) is 4.90 Å². The minimum Gasteiger partial charge on any atom is -0.466 e. The van der Waals surface area contributed by atoms with Crippen molar-refractivity contribution in [3.05, 3.63) is 23.2 Å². The van der Waals surface area contributed by atoms with Gasteiger partial charge in [-0.15, -0.1) is 12.4 Å². The topological polar surface area (TPSA) is 68.7 Å². The number of nitrogens with two attached hydrogens (primary N) is 1. The van der Waals surface area contributed by atoms with Crippen LogP contribution in [0.15, 0.2) is 10.5 Å². The molecular formula is C15H25ClN2O3. The number of halogens is 1. The molecule has 1 amide bonds. The number of nitrogens with zero attached hydrogens (tertiary/aromatic N) is 1. The van der Waals surface area contributed by atoms with Crippen molar-refractivity contribution in [3.63, 3.8) is 0 Å². The molecule has 1 aromatic heterocycles. The quantitative estimate of drug-likeness (QED) is 0.846. The number of amides is 1. The summed E-state index contributed by atoms with van der Waals surface area (Å²) in [5.74, 6) is 1.56. The van der Waals surface area contributed by atoms with E-state index in [-0.39, 0.29) is 24.4 Å². The van der Waals surface area contributed by atoms with Crippen molar-refractivity contribution >= 4 is 18.3 Å². The summed E-state index contributed by atoms with van der Waals surface area (Å²) in [6, 6.07) is 1.82. The van der Waals surface area contributed by atoms with Crippen molar-refractivity contribution in [2.45, 2.75) is 39.2 Å². The van der Waals surface area contributed by atoms with Crippen LogP contribution in [0.25, 0.3) is 0 Å². The molecule has 1 aliphatic heterocycles. The van der Waals surface area contributed by atoms with E-state index in [1.54, 1.807) is 0 Å². The molecule has 0 bridgehead atoms. The third kappa shape index (κ3) is 4.73. The number of ether oxygens (including phenoxy) is 1. The van der Waals surface area contributed by atoms with Gasteiger partial charge in [0, 0.05) is 19.7 Å². The van der Waals surface area contributed by atoms with Crippen LogP contribution in [0.5, 0.6) is 0 Å². The Morgan fingerprint density at radius 2 is 2.10 bits per heavy atom. The minimum atomic E-state index is 0. The number of carbonyl (C=O) groups excluding carboxylic acids is 1. The van der Waals surface area contributed by atoms with Gasteiger partial charge in [0.2, 0.25) is 0 Å². The van der Waals surface area contributed by atoms with Crippen LogP contribution in [0.1, 0.15) is 41.1 Å². The van der Waals surface area contributed by atoms with E-state index in [1.165, 1.54) is 0 Å². The third-order valence-corrected chi connectivity index (χ3v) is 3.70. The zero-order chi connectivity index (χ0) is 14.5. The molecule has 0 unspecified atom stereocenters. The Labute approximate surface area is 132 Å². The van der Waals surface area contributed by atoms with Gasteiger partial charge >= 0.3 is 0 Å². The number of likely N-dealkylation sites (tertiary alicyclic amines) is 1. The van der Waals surface area contributed by atoms with Crippen molar-refractivity contribution in [2.75, 3.05) is 26.2 Å². The fourth-order valence-electron chi connectivity index (χ4n) is 2.57. The lowest BCUT2D eigenvalue weighted by molar-refractivity contribution is 0.00841. The largest absolute Gasteiger partial charge is 0.466 e. The Kier molecular flexibility index (Phi) is 7.22. The van der Waals surface area contributed by atoms with Crippen LogP contribution >= 0.6 is 12.4 Å². The molecule has 5 nitrogen and oxygen atoms in total. The average molecular weight is 317 g/mol. The summed E-state index contributed by atoms with van der Waals surface area (Å²) in [6.45, 7) is 6.57. The molecule has 2 N–H and O–H groups in total. The molecule has 0 saturated carbocycles. The molecule has 1 saturated heterocycles. The molecule has 0 radical (unpaired) electrons. The molecule has 2 rings (SSSR count). The smallest absolute Gasteiger partial charge is 0.257 e. The molecule has 0 spiro atoms. The number of hydrogen-bond donors (Lipinski definition) is 1. The Morgan fingerprint density at radius 3 is 2.62 bits per heavy atom. The molecular weight excluding hydrogens is 292 g/mol. The van der Waals surface area contributed by atoms with Crippen LogP contribution in [-0.2, 0) is 4.74 Å². The van der Waals surface area contributed by atoms with Crippen molar-refractivity contribution < 1.29 is 13.9 Å². The second-order valence-corrected chi connectivity index (χ2v) is 5.33. The van der Waals surface area contributed by atoms with E-state index in [0.29, 0.717) is 17.9 Å². The van der Waals surface area contributed by atoms with Crippen molar-refractivity contribution in [2.24, 2.45) is 5.73 Å². The number of piperidine rings is 1. The summed E-state index contributed by atoms with van der Waals surface area (Å²) in [7, 11) is 0. The summed E-state index contributed by atoms with van der Waals surface area (Å²) in [5.41, 5.74) is 6.13. The summed E-state index contributed by atoms with van der Waals surface area (Å²) in [4.78, 5) is 14.3. The zero-order valence-electron chi connectivity index (χ0n) is 12.8. The predicted molar refractivity (Wildman–Crippen MR) is 84.0 cm³/mol. The maximum atomic E-state index is 12.4. The molecule has 21 heavy (non-hydrogen) atoms. The average Bonchev–Trinajstić information content (AvgIpc) is 2.78. The van der Waals surface area contributed by atoms with Crippen molar-refractivity contribution in [1.29, 1.82) is 0 Å². The van der Waals surface area contributed by atoms with Gasteiger partial charge in [0.25, 0.3) is 5.91 Å². The Balaban J connectivity index is 0.00000220. The second kappa shape index (κ2) is 8.41. The fraction of sp³-hybridized carbons (Fsp3) is 0.667. The van der Waals surface area contributed by atoms with Crippen LogP contribution in [0.2, 0.25) is 0 Å². The maximum absolute atomic E-state index is 12.4. The number of carbonyl (C=O) groups is 1. The molecule has 0 aromatic carbocycles. The highest BCUT2D eigenvalue weighted by Gasteiger charge is 2.26. The monoisotopic (exact) mass is 316 g/mol. The summed E-state index contributed by atoms with van der Waals surface area (Å²) in [6.07, 6.45) is 2.95. The molecule has 0 atom stereocenters. The Morgan fingerprint density at radius 1 is 1.43 bits per heavy atom. The number of aryl methyl sites for hydroxylation is 2. The van der Waals surface area contributed by atoms with Gasteiger partial charge in [0.1, 0.15) is 11.5 Å². The van der Waals surface area contributed by atoms with Crippen LogP contribution in [0.4, 0.5) is 0 Å². The van der Waals surface area contributed by atoms with E-state index in [4.69, 9.17) is 14.9 Å². The van der Waals surface area contributed by atoms with Crippen LogP contribution in [0, 0.1) is 13.8 Å². The highest BCUT2D eigenvalue weighted by atomic mass is 35.5. The van der Waals surface area contributed by atoms with E-state index in [9.17, 15) is 4.79 Å². The molecule has 1 aromatic rings. The Bertz CT molecular complexity index is 454.